The molecule has 22 heavy (non-hydrogen) atoms. The minimum atomic E-state index is 0.945. The molecule has 0 saturated carbocycles. The topological polar surface area (TPSA) is 9.23 Å². The SMILES string of the molecule is Cc1cc2c(c(-c3ccccc3)c1C)Oc1ccccc1S2. The van der Waals surface area contributed by atoms with E-state index in [1.54, 1.807) is 11.8 Å². The van der Waals surface area contributed by atoms with Crippen molar-refractivity contribution in [1.29, 1.82) is 0 Å². The summed E-state index contributed by atoms with van der Waals surface area (Å²) in [5, 5.41) is 0. The van der Waals surface area contributed by atoms with E-state index in [4.69, 9.17) is 4.74 Å². The zero-order valence-electron chi connectivity index (χ0n) is 12.6. The van der Waals surface area contributed by atoms with Gasteiger partial charge < -0.3 is 4.74 Å². The molecule has 1 aliphatic heterocycles. The van der Waals surface area contributed by atoms with Crippen molar-refractivity contribution >= 4 is 11.8 Å². The molecule has 0 amide bonds. The lowest BCUT2D eigenvalue weighted by Gasteiger charge is -2.24. The van der Waals surface area contributed by atoms with Gasteiger partial charge in [0.15, 0.2) is 0 Å². The van der Waals surface area contributed by atoms with Gasteiger partial charge in [0.2, 0.25) is 0 Å². The summed E-state index contributed by atoms with van der Waals surface area (Å²) in [6, 6.07) is 21.0. The second kappa shape index (κ2) is 5.22. The Balaban J connectivity index is 1.96. The van der Waals surface area contributed by atoms with Gasteiger partial charge in [-0.15, -0.1) is 0 Å². The maximum Gasteiger partial charge on any atom is 0.149 e. The highest BCUT2D eigenvalue weighted by atomic mass is 32.2. The van der Waals surface area contributed by atoms with Gasteiger partial charge in [0, 0.05) is 5.56 Å². The number of ether oxygens (including phenoxy) is 1. The molecule has 0 radical (unpaired) electrons. The third-order valence-corrected chi connectivity index (χ3v) is 5.19. The molecular formula is C20H16OS. The third-order valence-electron chi connectivity index (χ3n) is 4.11. The van der Waals surface area contributed by atoms with Gasteiger partial charge in [0.05, 0.1) is 9.79 Å². The zero-order valence-corrected chi connectivity index (χ0v) is 13.4. The molecule has 0 unspecified atom stereocenters. The molecule has 1 nitrogen and oxygen atoms in total. The van der Waals surface area contributed by atoms with Crippen LogP contribution < -0.4 is 4.74 Å². The fraction of sp³-hybridized carbons (Fsp3) is 0.100. The van der Waals surface area contributed by atoms with Crippen molar-refractivity contribution in [3.63, 3.8) is 0 Å². The fourth-order valence-electron chi connectivity index (χ4n) is 2.84. The largest absolute Gasteiger partial charge is 0.454 e. The monoisotopic (exact) mass is 304 g/mol. The van der Waals surface area contributed by atoms with E-state index in [2.05, 4.69) is 56.3 Å². The van der Waals surface area contributed by atoms with Crippen LogP contribution in [0.2, 0.25) is 0 Å². The van der Waals surface area contributed by atoms with Crippen molar-refractivity contribution in [2.24, 2.45) is 0 Å². The summed E-state index contributed by atoms with van der Waals surface area (Å²) >= 11 is 1.79. The number of aryl methyl sites for hydroxylation is 1. The van der Waals surface area contributed by atoms with Crippen LogP contribution >= 0.6 is 11.8 Å². The summed E-state index contributed by atoms with van der Waals surface area (Å²) in [4.78, 5) is 2.37. The van der Waals surface area contributed by atoms with Crippen LogP contribution in [-0.2, 0) is 0 Å². The Morgan fingerprint density at radius 1 is 0.818 bits per heavy atom. The maximum atomic E-state index is 6.28. The fourth-order valence-corrected chi connectivity index (χ4v) is 3.90. The highest BCUT2D eigenvalue weighted by molar-refractivity contribution is 7.99. The number of benzene rings is 3. The molecule has 1 aliphatic rings. The molecule has 3 aromatic rings. The lowest BCUT2D eigenvalue weighted by Crippen LogP contribution is -2.00. The van der Waals surface area contributed by atoms with Crippen LogP contribution in [0, 0.1) is 13.8 Å². The van der Waals surface area contributed by atoms with Crippen molar-refractivity contribution in [3.8, 4) is 22.6 Å². The second-order valence-corrected chi connectivity index (χ2v) is 6.62. The normalized spacial score (nSPS) is 12.3. The van der Waals surface area contributed by atoms with Gasteiger partial charge in [-0.05, 0) is 48.7 Å². The lowest BCUT2D eigenvalue weighted by atomic mass is 9.96. The minimum absolute atomic E-state index is 0.945. The molecule has 0 bridgehead atoms. The van der Waals surface area contributed by atoms with Gasteiger partial charge in [0.25, 0.3) is 0 Å². The van der Waals surface area contributed by atoms with Crippen LogP contribution in [0.5, 0.6) is 11.5 Å². The molecule has 0 spiro atoms. The molecule has 3 aromatic carbocycles. The Hall–Kier alpha value is -2.19. The summed E-state index contributed by atoms with van der Waals surface area (Å²) in [6.45, 7) is 4.34. The van der Waals surface area contributed by atoms with E-state index in [1.807, 2.05) is 18.2 Å². The van der Waals surface area contributed by atoms with E-state index in [1.165, 1.54) is 32.0 Å². The van der Waals surface area contributed by atoms with E-state index in [9.17, 15) is 0 Å². The van der Waals surface area contributed by atoms with Crippen LogP contribution in [0.1, 0.15) is 11.1 Å². The number of hydrogen-bond acceptors (Lipinski definition) is 2. The first-order valence-electron chi connectivity index (χ1n) is 7.38. The number of rotatable bonds is 1. The molecule has 0 N–H and O–H groups in total. The summed E-state index contributed by atoms with van der Waals surface area (Å²) in [5.74, 6) is 1.93. The van der Waals surface area contributed by atoms with Crippen molar-refractivity contribution in [1.82, 2.24) is 0 Å². The molecule has 108 valence electrons. The first kappa shape index (κ1) is 13.5. The van der Waals surface area contributed by atoms with E-state index >= 15 is 0 Å². The Bertz CT molecular complexity index is 853. The van der Waals surface area contributed by atoms with E-state index in [0.717, 1.165) is 11.5 Å². The van der Waals surface area contributed by atoms with Crippen LogP contribution in [0.15, 0.2) is 70.5 Å². The van der Waals surface area contributed by atoms with E-state index in [0.29, 0.717) is 0 Å². The van der Waals surface area contributed by atoms with Crippen LogP contribution in [-0.4, -0.2) is 0 Å². The quantitative estimate of drug-likeness (QED) is 0.412. The Kier molecular flexibility index (Phi) is 3.20. The average molecular weight is 304 g/mol. The molecule has 4 rings (SSSR count). The molecule has 0 aliphatic carbocycles. The average Bonchev–Trinajstić information content (AvgIpc) is 2.55. The third kappa shape index (κ3) is 2.11. The number of para-hydroxylation sites is 1. The summed E-state index contributed by atoms with van der Waals surface area (Å²) in [7, 11) is 0. The van der Waals surface area contributed by atoms with Crippen molar-refractivity contribution in [2.75, 3.05) is 0 Å². The zero-order chi connectivity index (χ0) is 15.1. The van der Waals surface area contributed by atoms with Crippen molar-refractivity contribution < 1.29 is 4.74 Å². The molecule has 2 heteroatoms. The van der Waals surface area contributed by atoms with Gasteiger partial charge in [-0.1, -0.05) is 54.2 Å². The number of hydrogen-bond donors (Lipinski definition) is 0. The molecular weight excluding hydrogens is 288 g/mol. The molecule has 0 aromatic heterocycles. The Labute approximate surface area is 135 Å². The Morgan fingerprint density at radius 2 is 1.55 bits per heavy atom. The highest BCUT2D eigenvalue weighted by Crippen LogP contribution is 2.52. The smallest absolute Gasteiger partial charge is 0.149 e. The van der Waals surface area contributed by atoms with Crippen LogP contribution in [0.3, 0.4) is 0 Å². The molecule has 0 saturated heterocycles. The van der Waals surface area contributed by atoms with Crippen molar-refractivity contribution in [3.05, 3.63) is 71.8 Å². The second-order valence-electron chi connectivity index (χ2n) is 5.54. The van der Waals surface area contributed by atoms with Crippen LogP contribution in [0.25, 0.3) is 11.1 Å². The maximum absolute atomic E-state index is 6.28. The van der Waals surface area contributed by atoms with E-state index in [-0.39, 0.29) is 0 Å². The standard InChI is InChI=1S/C20H16OS/c1-13-12-18-20(21-16-10-6-7-11-17(16)22-18)19(14(13)2)15-8-4-3-5-9-15/h3-12H,1-2H3. The molecule has 0 fully saturated rings. The Morgan fingerprint density at radius 3 is 2.36 bits per heavy atom. The van der Waals surface area contributed by atoms with Gasteiger partial charge in [-0.25, -0.2) is 0 Å². The van der Waals surface area contributed by atoms with Gasteiger partial charge >= 0.3 is 0 Å². The highest BCUT2D eigenvalue weighted by Gasteiger charge is 2.23. The lowest BCUT2D eigenvalue weighted by molar-refractivity contribution is 0.456. The summed E-state index contributed by atoms with van der Waals surface area (Å²) in [5.41, 5.74) is 5.00. The number of fused-ring (bicyclic) bond motifs is 2. The summed E-state index contributed by atoms with van der Waals surface area (Å²) < 4.78 is 6.28. The van der Waals surface area contributed by atoms with Gasteiger partial charge in [-0.3, -0.25) is 0 Å². The predicted octanol–water partition coefficient (Wildman–Crippen LogP) is 6.23. The van der Waals surface area contributed by atoms with Gasteiger partial charge in [0.1, 0.15) is 11.5 Å². The summed E-state index contributed by atoms with van der Waals surface area (Å²) in [6.07, 6.45) is 0. The van der Waals surface area contributed by atoms with Crippen molar-refractivity contribution in [2.45, 2.75) is 23.6 Å². The molecule has 1 heterocycles. The first-order valence-corrected chi connectivity index (χ1v) is 8.20. The van der Waals surface area contributed by atoms with Crippen LogP contribution in [0.4, 0.5) is 0 Å². The minimum Gasteiger partial charge on any atom is -0.454 e. The van der Waals surface area contributed by atoms with Gasteiger partial charge in [-0.2, -0.15) is 0 Å². The predicted molar refractivity (Wildman–Crippen MR) is 92.0 cm³/mol. The molecule has 0 atom stereocenters. The van der Waals surface area contributed by atoms with E-state index < -0.39 is 0 Å². The first-order chi connectivity index (χ1) is 10.7.